The number of aliphatic hydroxyl groups is 1. The van der Waals surface area contributed by atoms with Crippen molar-refractivity contribution in [3.63, 3.8) is 0 Å². The number of piperidine rings is 1. The summed E-state index contributed by atoms with van der Waals surface area (Å²) in [6.07, 6.45) is 8.02. The van der Waals surface area contributed by atoms with Crippen molar-refractivity contribution in [3.05, 3.63) is 71.8 Å². The van der Waals surface area contributed by atoms with E-state index in [9.17, 15) is 9.90 Å². The van der Waals surface area contributed by atoms with Gasteiger partial charge in [0.05, 0.1) is 18.8 Å². The summed E-state index contributed by atoms with van der Waals surface area (Å²) in [7, 11) is 1.66. The zero-order chi connectivity index (χ0) is 20.3. The van der Waals surface area contributed by atoms with Gasteiger partial charge in [0, 0.05) is 24.1 Å². The molecule has 0 unspecified atom stereocenters. The quantitative estimate of drug-likeness (QED) is 0.775. The lowest BCUT2D eigenvalue weighted by Gasteiger charge is -2.52. The molecule has 2 aromatic rings. The predicted molar refractivity (Wildman–Crippen MR) is 114 cm³/mol. The van der Waals surface area contributed by atoms with Crippen LogP contribution < -0.4 is 4.74 Å². The van der Waals surface area contributed by atoms with Gasteiger partial charge in [-0.15, -0.1) is 0 Å². The fourth-order valence-corrected chi connectivity index (χ4v) is 5.05. The van der Waals surface area contributed by atoms with E-state index in [1.807, 2.05) is 65.6 Å². The van der Waals surface area contributed by atoms with Gasteiger partial charge in [-0.3, -0.25) is 4.79 Å². The minimum atomic E-state index is -0.705. The lowest BCUT2D eigenvalue weighted by atomic mass is 9.66. The number of fused-ring (bicyclic) bond motifs is 1. The summed E-state index contributed by atoms with van der Waals surface area (Å²) in [5, 5.41) is 11.4. The third-order valence-corrected chi connectivity index (χ3v) is 6.53. The number of carbonyl (C=O) groups excluding carboxylic acids is 1. The standard InChI is InChI=1S/C25H29NO3/c1-29-22-13-6-5-11-20(22)24-21-12-7-8-16-25(21,28)17-18-26(24)23(27)15-14-19-9-3-2-4-10-19/h2-6,9-11,13-15,21,24,28H,7-8,12,16-18H2,1H3/b15-14+/t21-,24-,25-/m0/s1. The number of carbonyl (C=O) groups is 1. The Kier molecular flexibility index (Phi) is 5.72. The highest BCUT2D eigenvalue weighted by molar-refractivity contribution is 5.92. The fraction of sp³-hybridized carbons (Fsp3) is 0.400. The van der Waals surface area contributed by atoms with E-state index in [-0.39, 0.29) is 17.9 Å². The SMILES string of the molecule is COc1ccccc1[C@H]1[C@@H]2CCCC[C@]2(O)CCN1C(=O)/C=C/c1ccccc1. The van der Waals surface area contributed by atoms with E-state index in [0.29, 0.717) is 13.0 Å². The van der Waals surface area contributed by atoms with E-state index in [2.05, 4.69) is 0 Å². The van der Waals surface area contributed by atoms with Crippen LogP contribution in [0.5, 0.6) is 5.75 Å². The zero-order valence-corrected chi connectivity index (χ0v) is 17.0. The first kappa shape index (κ1) is 19.7. The van der Waals surface area contributed by atoms with Gasteiger partial charge in [0.15, 0.2) is 0 Å². The van der Waals surface area contributed by atoms with Crippen molar-refractivity contribution in [2.24, 2.45) is 5.92 Å². The average molecular weight is 392 g/mol. The molecule has 0 aromatic heterocycles. The highest BCUT2D eigenvalue weighted by Gasteiger charge is 2.50. The molecule has 1 saturated carbocycles. The van der Waals surface area contributed by atoms with Crippen molar-refractivity contribution in [2.75, 3.05) is 13.7 Å². The smallest absolute Gasteiger partial charge is 0.247 e. The van der Waals surface area contributed by atoms with Gasteiger partial charge in [0.1, 0.15) is 5.75 Å². The Morgan fingerprint density at radius 3 is 2.66 bits per heavy atom. The first-order chi connectivity index (χ1) is 14.1. The molecule has 29 heavy (non-hydrogen) atoms. The third kappa shape index (κ3) is 3.95. The molecule has 152 valence electrons. The second kappa shape index (κ2) is 8.42. The Morgan fingerprint density at radius 2 is 1.86 bits per heavy atom. The Hall–Kier alpha value is -2.59. The van der Waals surface area contributed by atoms with E-state index >= 15 is 0 Å². The maximum absolute atomic E-state index is 13.3. The molecule has 1 aliphatic carbocycles. The number of benzene rings is 2. The molecule has 3 atom stereocenters. The summed E-state index contributed by atoms with van der Waals surface area (Å²) >= 11 is 0. The fourth-order valence-electron chi connectivity index (χ4n) is 5.05. The lowest BCUT2D eigenvalue weighted by molar-refractivity contribution is -0.151. The van der Waals surface area contributed by atoms with Crippen LogP contribution in [0, 0.1) is 5.92 Å². The monoisotopic (exact) mass is 391 g/mol. The zero-order valence-electron chi connectivity index (χ0n) is 17.0. The first-order valence-electron chi connectivity index (χ1n) is 10.5. The van der Waals surface area contributed by atoms with Crippen LogP contribution in [0.4, 0.5) is 0 Å². The van der Waals surface area contributed by atoms with Crippen molar-refractivity contribution >= 4 is 12.0 Å². The first-order valence-corrected chi connectivity index (χ1v) is 10.5. The van der Waals surface area contributed by atoms with Crippen molar-refractivity contribution < 1.29 is 14.6 Å². The van der Waals surface area contributed by atoms with Crippen molar-refractivity contribution in [1.82, 2.24) is 4.90 Å². The van der Waals surface area contributed by atoms with Crippen molar-refractivity contribution in [1.29, 1.82) is 0 Å². The molecule has 0 bridgehead atoms. The summed E-state index contributed by atoms with van der Waals surface area (Å²) in [6.45, 7) is 0.549. The Bertz CT molecular complexity index is 879. The van der Waals surface area contributed by atoms with Crippen molar-refractivity contribution in [3.8, 4) is 5.75 Å². The number of amides is 1. The second-order valence-corrected chi connectivity index (χ2v) is 8.17. The molecule has 4 nitrogen and oxygen atoms in total. The normalized spacial score (nSPS) is 26.9. The number of likely N-dealkylation sites (tertiary alicyclic amines) is 1. The molecule has 1 saturated heterocycles. The van der Waals surface area contributed by atoms with Gasteiger partial charge >= 0.3 is 0 Å². The molecule has 4 rings (SSSR count). The maximum atomic E-state index is 13.3. The number of nitrogens with zero attached hydrogens (tertiary/aromatic N) is 1. The van der Waals surface area contributed by atoms with Crippen LogP contribution >= 0.6 is 0 Å². The van der Waals surface area contributed by atoms with Gasteiger partial charge < -0.3 is 14.7 Å². The van der Waals surface area contributed by atoms with Crippen LogP contribution in [0.1, 0.15) is 49.3 Å². The average Bonchev–Trinajstić information content (AvgIpc) is 2.77. The summed E-state index contributed by atoms with van der Waals surface area (Å²) in [6, 6.07) is 17.6. The van der Waals surface area contributed by atoms with Crippen LogP contribution in [0.25, 0.3) is 6.08 Å². The molecule has 1 N–H and O–H groups in total. The molecule has 0 spiro atoms. The second-order valence-electron chi connectivity index (χ2n) is 8.17. The highest BCUT2D eigenvalue weighted by Crippen LogP contribution is 2.50. The number of hydrogen-bond donors (Lipinski definition) is 1. The van der Waals surface area contributed by atoms with Gasteiger partial charge in [-0.05, 0) is 37.0 Å². The topological polar surface area (TPSA) is 49.8 Å². The lowest BCUT2D eigenvalue weighted by Crippen LogP contribution is -2.56. The summed E-state index contributed by atoms with van der Waals surface area (Å²) in [5.74, 6) is 0.782. The van der Waals surface area contributed by atoms with Gasteiger partial charge in [-0.1, -0.05) is 61.4 Å². The maximum Gasteiger partial charge on any atom is 0.247 e. The van der Waals surface area contributed by atoms with E-state index in [0.717, 1.165) is 42.6 Å². The Balaban J connectivity index is 1.69. The number of hydrogen-bond acceptors (Lipinski definition) is 3. The molecule has 1 heterocycles. The molecule has 2 aromatic carbocycles. The number of methoxy groups -OCH3 is 1. The molecule has 2 fully saturated rings. The number of rotatable bonds is 4. The highest BCUT2D eigenvalue weighted by atomic mass is 16.5. The molecular weight excluding hydrogens is 362 g/mol. The number of ether oxygens (including phenoxy) is 1. The van der Waals surface area contributed by atoms with Crippen LogP contribution in [0.3, 0.4) is 0 Å². The van der Waals surface area contributed by atoms with Crippen LogP contribution in [-0.2, 0) is 4.79 Å². The molecule has 1 amide bonds. The summed E-state index contributed by atoms with van der Waals surface area (Å²) in [4.78, 5) is 15.2. The predicted octanol–water partition coefficient (Wildman–Crippen LogP) is 4.60. The van der Waals surface area contributed by atoms with Crippen LogP contribution in [0.15, 0.2) is 60.7 Å². The Morgan fingerprint density at radius 1 is 1.10 bits per heavy atom. The van der Waals surface area contributed by atoms with Crippen LogP contribution in [0.2, 0.25) is 0 Å². The van der Waals surface area contributed by atoms with E-state index < -0.39 is 5.60 Å². The summed E-state index contributed by atoms with van der Waals surface area (Å²) < 4.78 is 5.63. The third-order valence-electron chi connectivity index (χ3n) is 6.53. The largest absolute Gasteiger partial charge is 0.496 e. The van der Waals surface area contributed by atoms with Gasteiger partial charge in [0.2, 0.25) is 5.91 Å². The molecule has 1 aliphatic heterocycles. The van der Waals surface area contributed by atoms with Gasteiger partial charge in [-0.2, -0.15) is 0 Å². The molecule has 2 aliphatic rings. The van der Waals surface area contributed by atoms with Crippen LogP contribution in [-0.4, -0.2) is 35.2 Å². The number of para-hydroxylation sites is 1. The van der Waals surface area contributed by atoms with Gasteiger partial charge in [-0.25, -0.2) is 0 Å². The van der Waals surface area contributed by atoms with E-state index in [4.69, 9.17) is 4.74 Å². The molecule has 0 radical (unpaired) electrons. The minimum Gasteiger partial charge on any atom is -0.496 e. The van der Waals surface area contributed by atoms with E-state index in [1.54, 1.807) is 13.2 Å². The minimum absolute atomic E-state index is 0.0163. The Labute approximate surface area is 172 Å². The molecule has 4 heteroatoms. The molecular formula is C25H29NO3. The van der Waals surface area contributed by atoms with Crippen molar-refractivity contribution in [2.45, 2.75) is 43.7 Å². The van der Waals surface area contributed by atoms with E-state index in [1.165, 1.54) is 0 Å². The van der Waals surface area contributed by atoms with Gasteiger partial charge in [0.25, 0.3) is 0 Å². The summed E-state index contributed by atoms with van der Waals surface area (Å²) in [5.41, 5.74) is 1.28.